The molecular formula is C19H21FN4. The number of rotatable bonds is 3. The normalized spacial score (nSPS) is 15.8. The van der Waals surface area contributed by atoms with Gasteiger partial charge < -0.3 is 5.32 Å². The second kappa shape index (κ2) is 6.23. The third-order valence-electron chi connectivity index (χ3n) is 4.71. The zero-order valence-electron chi connectivity index (χ0n) is 13.8. The monoisotopic (exact) mass is 324 g/mol. The second-order valence-corrected chi connectivity index (χ2v) is 6.56. The summed E-state index contributed by atoms with van der Waals surface area (Å²) in [7, 11) is 0. The molecule has 3 aromatic rings. The van der Waals surface area contributed by atoms with E-state index in [0.29, 0.717) is 6.04 Å². The van der Waals surface area contributed by atoms with E-state index in [1.807, 2.05) is 17.5 Å². The Labute approximate surface area is 140 Å². The molecule has 1 saturated carbocycles. The summed E-state index contributed by atoms with van der Waals surface area (Å²) in [5.41, 5.74) is 3.60. The molecule has 5 heteroatoms. The molecule has 0 unspecified atom stereocenters. The molecule has 2 heterocycles. The molecule has 2 aromatic heterocycles. The van der Waals surface area contributed by atoms with Crippen molar-refractivity contribution in [3.05, 3.63) is 48.0 Å². The van der Waals surface area contributed by atoms with E-state index >= 15 is 0 Å². The summed E-state index contributed by atoms with van der Waals surface area (Å²) in [4.78, 5) is 4.65. The van der Waals surface area contributed by atoms with E-state index in [4.69, 9.17) is 0 Å². The minimum absolute atomic E-state index is 0.237. The van der Waals surface area contributed by atoms with E-state index in [9.17, 15) is 4.39 Å². The van der Waals surface area contributed by atoms with Crippen LogP contribution in [0.25, 0.3) is 16.8 Å². The van der Waals surface area contributed by atoms with Crippen molar-refractivity contribution in [3.63, 3.8) is 0 Å². The summed E-state index contributed by atoms with van der Waals surface area (Å²) in [5.74, 6) is 0.747. The van der Waals surface area contributed by atoms with Crippen LogP contribution in [0, 0.1) is 12.7 Å². The van der Waals surface area contributed by atoms with Gasteiger partial charge in [0.05, 0.1) is 6.20 Å². The first kappa shape index (κ1) is 15.1. The van der Waals surface area contributed by atoms with Gasteiger partial charge in [-0.2, -0.15) is 9.61 Å². The minimum atomic E-state index is -0.237. The maximum absolute atomic E-state index is 13.2. The molecule has 1 fully saturated rings. The molecule has 1 aromatic carbocycles. The number of halogens is 1. The lowest BCUT2D eigenvalue weighted by Gasteiger charge is -2.24. The highest BCUT2D eigenvalue weighted by atomic mass is 19.1. The molecule has 4 rings (SSSR count). The van der Waals surface area contributed by atoms with Crippen LogP contribution in [0.1, 0.15) is 37.8 Å². The Morgan fingerprint density at radius 2 is 1.88 bits per heavy atom. The highest BCUT2D eigenvalue weighted by molar-refractivity contribution is 5.78. The summed E-state index contributed by atoms with van der Waals surface area (Å²) in [6.07, 6.45) is 8.11. The van der Waals surface area contributed by atoms with Crippen LogP contribution in [-0.2, 0) is 0 Å². The van der Waals surface area contributed by atoms with Gasteiger partial charge in [-0.3, -0.25) is 0 Å². The highest BCUT2D eigenvalue weighted by Gasteiger charge is 2.17. The van der Waals surface area contributed by atoms with Gasteiger partial charge in [0.15, 0.2) is 5.65 Å². The van der Waals surface area contributed by atoms with E-state index < -0.39 is 0 Å². The molecule has 1 N–H and O–H groups in total. The Balaban J connectivity index is 1.74. The highest BCUT2D eigenvalue weighted by Crippen LogP contribution is 2.27. The topological polar surface area (TPSA) is 42.2 Å². The van der Waals surface area contributed by atoms with Gasteiger partial charge >= 0.3 is 0 Å². The van der Waals surface area contributed by atoms with Gasteiger partial charge in [-0.1, -0.05) is 31.4 Å². The predicted octanol–water partition coefficient (Wildman–Crippen LogP) is 4.59. The minimum Gasteiger partial charge on any atom is -0.367 e. The van der Waals surface area contributed by atoms with Crippen molar-refractivity contribution in [2.75, 3.05) is 5.32 Å². The van der Waals surface area contributed by atoms with Crippen LogP contribution < -0.4 is 5.32 Å². The summed E-state index contributed by atoms with van der Waals surface area (Å²) in [6.45, 7) is 1.99. The smallest absolute Gasteiger partial charge is 0.165 e. The van der Waals surface area contributed by atoms with E-state index in [1.165, 1.54) is 44.2 Å². The van der Waals surface area contributed by atoms with E-state index in [1.54, 1.807) is 18.3 Å². The molecule has 0 atom stereocenters. The van der Waals surface area contributed by atoms with Crippen LogP contribution in [0.3, 0.4) is 0 Å². The van der Waals surface area contributed by atoms with Crippen molar-refractivity contribution >= 4 is 11.5 Å². The standard InChI is InChI=1S/C19H21FN4/c1-13-11-18(23-16-5-3-2-4-6-16)24-19(22-13)17(12-21-24)14-7-9-15(20)10-8-14/h7-12,16,23H,2-6H2,1H3. The van der Waals surface area contributed by atoms with E-state index in [0.717, 1.165) is 28.3 Å². The maximum atomic E-state index is 13.2. The number of nitrogens with one attached hydrogen (secondary N) is 1. The molecule has 0 aliphatic heterocycles. The number of aryl methyl sites for hydroxylation is 1. The largest absolute Gasteiger partial charge is 0.367 e. The molecule has 1 aliphatic carbocycles. The van der Waals surface area contributed by atoms with Gasteiger partial charge in [-0.15, -0.1) is 0 Å². The third kappa shape index (κ3) is 2.86. The molecule has 24 heavy (non-hydrogen) atoms. The van der Waals surface area contributed by atoms with E-state index in [-0.39, 0.29) is 5.82 Å². The molecule has 0 saturated heterocycles. The number of anilines is 1. The number of hydrogen-bond donors (Lipinski definition) is 1. The van der Waals surface area contributed by atoms with Crippen molar-refractivity contribution in [3.8, 4) is 11.1 Å². The third-order valence-corrected chi connectivity index (χ3v) is 4.71. The average Bonchev–Trinajstić information content (AvgIpc) is 3.00. The fourth-order valence-electron chi connectivity index (χ4n) is 3.48. The van der Waals surface area contributed by atoms with Crippen LogP contribution in [0.2, 0.25) is 0 Å². The molecule has 0 radical (unpaired) electrons. The number of hydrogen-bond acceptors (Lipinski definition) is 3. The Hall–Kier alpha value is -2.43. The lowest BCUT2D eigenvalue weighted by Crippen LogP contribution is -2.24. The fraction of sp³-hybridized carbons (Fsp3) is 0.368. The number of aromatic nitrogens is 3. The lowest BCUT2D eigenvalue weighted by atomic mass is 9.95. The maximum Gasteiger partial charge on any atom is 0.165 e. The van der Waals surface area contributed by atoms with Crippen LogP contribution >= 0.6 is 0 Å². The molecule has 4 nitrogen and oxygen atoms in total. The molecular weight excluding hydrogens is 303 g/mol. The Morgan fingerprint density at radius 3 is 2.62 bits per heavy atom. The second-order valence-electron chi connectivity index (χ2n) is 6.56. The zero-order valence-corrected chi connectivity index (χ0v) is 13.8. The van der Waals surface area contributed by atoms with Gasteiger partial charge in [0.2, 0.25) is 0 Å². The molecule has 0 spiro atoms. The van der Waals surface area contributed by atoms with E-state index in [2.05, 4.69) is 15.4 Å². The SMILES string of the molecule is Cc1cc(NC2CCCCC2)n2ncc(-c3ccc(F)cc3)c2n1. The van der Waals surface area contributed by atoms with Crippen molar-refractivity contribution in [1.82, 2.24) is 14.6 Å². The van der Waals surface area contributed by atoms with Gasteiger partial charge in [0.1, 0.15) is 11.6 Å². The lowest BCUT2D eigenvalue weighted by molar-refractivity contribution is 0.461. The van der Waals surface area contributed by atoms with Gasteiger partial charge in [0.25, 0.3) is 0 Å². The number of nitrogens with zero attached hydrogens (tertiary/aromatic N) is 3. The summed E-state index contributed by atoms with van der Waals surface area (Å²) >= 11 is 0. The summed E-state index contributed by atoms with van der Waals surface area (Å²) in [5, 5.41) is 8.16. The van der Waals surface area contributed by atoms with Crippen molar-refractivity contribution in [1.29, 1.82) is 0 Å². The first-order valence-electron chi connectivity index (χ1n) is 8.58. The predicted molar refractivity (Wildman–Crippen MR) is 93.6 cm³/mol. The Morgan fingerprint density at radius 1 is 1.12 bits per heavy atom. The Kier molecular flexibility index (Phi) is 3.92. The van der Waals surface area contributed by atoms with Crippen LogP contribution in [0.5, 0.6) is 0 Å². The van der Waals surface area contributed by atoms with Crippen molar-refractivity contribution in [2.24, 2.45) is 0 Å². The van der Waals surface area contributed by atoms with Crippen molar-refractivity contribution in [2.45, 2.75) is 45.1 Å². The van der Waals surface area contributed by atoms with Gasteiger partial charge in [0, 0.05) is 23.4 Å². The summed E-state index contributed by atoms with van der Waals surface area (Å²) in [6, 6.07) is 9.02. The van der Waals surface area contributed by atoms with Crippen molar-refractivity contribution < 1.29 is 4.39 Å². The quantitative estimate of drug-likeness (QED) is 0.766. The van der Waals surface area contributed by atoms with Crippen LogP contribution in [0.4, 0.5) is 10.2 Å². The first-order chi connectivity index (χ1) is 11.7. The number of benzene rings is 1. The number of fused-ring (bicyclic) bond motifs is 1. The van der Waals surface area contributed by atoms with Gasteiger partial charge in [-0.25, -0.2) is 9.37 Å². The van der Waals surface area contributed by atoms with Gasteiger partial charge in [-0.05, 0) is 37.5 Å². The van der Waals surface area contributed by atoms with Crippen LogP contribution in [0.15, 0.2) is 36.5 Å². The zero-order chi connectivity index (χ0) is 16.5. The average molecular weight is 324 g/mol. The summed E-state index contributed by atoms with van der Waals surface area (Å²) < 4.78 is 15.0. The van der Waals surface area contributed by atoms with Crippen LogP contribution in [-0.4, -0.2) is 20.6 Å². The molecule has 124 valence electrons. The fourth-order valence-corrected chi connectivity index (χ4v) is 3.48. The first-order valence-corrected chi connectivity index (χ1v) is 8.58. The molecule has 1 aliphatic rings. The molecule has 0 amide bonds. The Bertz CT molecular complexity index is 848. The molecule has 0 bridgehead atoms.